The Morgan fingerprint density at radius 2 is 1.53 bits per heavy atom. The van der Waals surface area contributed by atoms with Gasteiger partial charge < -0.3 is 14.8 Å². The van der Waals surface area contributed by atoms with Crippen molar-refractivity contribution >= 4 is 18.0 Å². The molecule has 0 fully saturated rings. The summed E-state index contributed by atoms with van der Waals surface area (Å²) in [5.41, 5.74) is 2.69. The lowest BCUT2D eigenvalue weighted by atomic mass is 9.99. The first kappa shape index (κ1) is 20.9. The molecule has 3 aromatic carbocycles. The first-order valence-corrected chi connectivity index (χ1v) is 9.54. The summed E-state index contributed by atoms with van der Waals surface area (Å²) >= 11 is 0. The lowest BCUT2D eigenvalue weighted by Crippen LogP contribution is -2.32. The molecule has 1 amide bonds. The number of amides is 1. The van der Waals surface area contributed by atoms with Crippen LogP contribution in [0.5, 0.6) is 5.75 Å². The first-order valence-electron chi connectivity index (χ1n) is 9.54. The second-order valence-electron chi connectivity index (χ2n) is 6.54. The van der Waals surface area contributed by atoms with Crippen LogP contribution < -0.4 is 10.1 Å². The Hall–Kier alpha value is -3.86. The number of esters is 1. The molecule has 0 saturated heterocycles. The Bertz CT molecular complexity index is 960. The van der Waals surface area contributed by atoms with Crippen LogP contribution in [0.2, 0.25) is 0 Å². The van der Waals surface area contributed by atoms with E-state index >= 15 is 0 Å². The second-order valence-corrected chi connectivity index (χ2v) is 6.54. The maximum absolute atomic E-state index is 12.4. The number of hydrogen-bond acceptors (Lipinski definition) is 4. The van der Waals surface area contributed by atoms with Crippen molar-refractivity contribution in [2.45, 2.75) is 6.04 Å². The summed E-state index contributed by atoms with van der Waals surface area (Å²) in [5, 5.41) is 2.94. The molecule has 0 aliphatic rings. The van der Waals surface area contributed by atoms with Gasteiger partial charge in [-0.2, -0.15) is 0 Å². The number of carbonyl (C=O) groups is 2. The van der Waals surface area contributed by atoms with Crippen molar-refractivity contribution in [3.63, 3.8) is 0 Å². The van der Waals surface area contributed by atoms with Crippen LogP contribution in [0.1, 0.15) is 22.7 Å². The average Bonchev–Trinajstić information content (AvgIpc) is 2.81. The molecule has 0 spiro atoms. The van der Waals surface area contributed by atoms with Gasteiger partial charge in [-0.25, -0.2) is 4.79 Å². The summed E-state index contributed by atoms with van der Waals surface area (Å²) in [6, 6.07) is 26.2. The first-order chi connectivity index (χ1) is 14.7. The zero-order chi connectivity index (χ0) is 21.2. The van der Waals surface area contributed by atoms with Crippen molar-refractivity contribution in [2.24, 2.45) is 0 Å². The van der Waals surface area contributed by atoms with E-state index in [1.807, 2.05) is 78.9 Å². The Labute approximate surface area is 176 Å². The van der Waals surface area contributed by atoms with Crippen LogP contribution in [0, 0.1) is 0 Å². The fourth-order valence-corrected chi connectivity index (χ4v) is 2.95. The Kier molecular flexibility index (Phi) is 7.39. The number of hydrogen-bond donors (Lipinski definition) is 1. The van der Waals surface area contributed by atoms with Gasteiger partial charge in [-0.3, -0.25) is 4.79 Å². The van der Waals surface area contributed by atoms with Crippen LogP contribution in [0.4, 0.5) is 0 Å². The largest absolute Gasteiger partial charge is 0.497 e. The van der Waals surface area contributed by atoms with Crippen molar-refractivity contribution in [3.05, 3.63) is 108 Å². The van der Waals surface area contributed by atoms with E-state index in [0.29, 0.717) is 5.75 Å². The highest BCUT2D eigenvalue weighted by atomic mass is 16.5. The Morgan fingerprint density at radius 1 is 0.900 bits per heavy atom. The number of rotatable bonds is 8. The molecule has 0 saturated carbocycles. The van der Waals surface area contributed by atoms with Crippen LogP contribution >= 0.6 is 0 Å². The summed E-state index contributed by atoms with van der Waals surface area (Å²) < 4.78 is 10.2. The van der Waals surface area contributed by atoms with E-state index in [1.54, 1.807) is 19.3 Å². The highest BCUT2D eigenvalue weighted by molar-refractivity contribution is 5.89. The molecule has 0 aromatic heterocycles. The summed E-state index contributed by atoms with van der Waals surface area (Å²) in [4.78, 5) is 24.4. The minimum Gasteiger partial charge on any atom is -0.497 e. The summed E-state index contributed by atoms with van der Waals surface area (Å²) in [6.45, 7) is -0.364. The van der Waals surface area contributed by atoms with Crippen molar-refractivity contribution in [3.8, 4) is 5.75 Å². The molecule has 0 heterocycles. The monoisotopic (exact) mass is 401 g/mol. The van der Waals surface area contributed by atoms with Crippen LogP contribution in [0.25, 0.3) is 6.08 Å². The molecule has 0 unspecified atom stereocenters. The van der Waals surface area contributed by atoms with Gasteiger partial charge in [0.2, 0.25) is 0 Å². The van der Waals surface area contributed by atoms with Gasteiger partial charge in [0.25, 0.3) is 5.91 Å². The summed E-state index contributed by atoms with van der Waals surface area (Å²) in [7, 11) is 1.58. The number of methoxy groups -OCH3 is 1. The molecule has 152 valence electrons. The predicted octanol–water partition coefficient (Wildman–Crippen LogP) is 4.16. The van der Waals surface area contributed by atoms with E-state index in [0.717, 1.165) is 16.7 Å². The van der Waals surface area contributed by atoms with E-state index in [-0.39, 0.29) is 18.6 Å². The van der Waals surface area contributed by atoms with E-state index < -0.39 is 5.97 Å². The van der Waals surface area contributed by atoms with E-state index in [1.165, 1.54) is 6.08 Å². The van der Waals surface area contributed by atoms with Gasteiger partial charge in [0, 0.05) is 6.08 Å². The third-order valence-electron chi connectivity index (χ3n) is 4.42. The molecule has 30 heavy (non-hydrogen) atoms. The maximum atomic E-state index is 12.4. The molecule has 5 nitrogen and oxygen atoms in total. The molecular weight excluding hydrogens is 378 g/mol. The zero-order valence-corrected chi connectivity index (χ0v) is 16.7. The molecule has 0 radical (unpaired) electrons. The third kappa shape index (κ3) is 6.07. The Balaban J connectivity index is 1.59. The molecule has 0 aliphatic heterocycles. The smallest absolute Gasteiger partial charge is 0.331 e. The van der Waals surface area contributed by atoms with Gasteiger partial charge in [-0.1, -0.05) is 72.8 Å². The van der Waals surface area contributed by atoms with Crippen molar-refractivity contribution in [2.75, 3.05) is 13.7 Å². The molecule has 0 aliphatic carbocycles. The minimum atomic E-state index is -0.594. The summed E-state index contributed by atoms with van der Waals surface area (Å²) in [6.07, 6.45) is 2.90. The van der Waals surface area contributed by atoms with Gasteiger partial charge in [-0.05, 0) is 34.9 Å². The van der Waals surface area contributed by atoms with Gasteiger partial charge in [0.05, 0.1) is 13.2 Å². The molecule has 3 aromatic rings. The van der Waals surface area contributed by atoms with Crippen LogP contribution in [0.3, 0.4) is 0 Å². The molecule has 0 atom stereocenters. The number of carbonyl (C=O) groups excluding carboxylic acids is 2. The molecule has 5 heteroatoms. The molecular formula is C25H23NO4. The average molecular weight is 401 g/mol. The highest BCUT2D eigenvalue weighted by Crippen LogP contribution is 2.21. The standard InChI is InChI=1S/C25H23NO4/c1-29-22-14-8-9-19(17-22)15-16-24(28)30-18-23(27)26-25(20-10-4-2-5-11-20)21-12-6-3-7-13-21/h2-17,25H,18H2,1H3,(H,26,27)/b16-15+. The molecule has 3 rings (SSSR count). The fourth-order valence-electron chi connectivity index (χ4n) is 2.95. The third-order valence-corrected chi connectivity index (χ3v) is 4.42. The van der Waals surface area contributed by atoms with E-state index in [2.05, 4.69) is 5.32 Å². The van der Waals surface area contributed by atoms with Gasteiger partial charge in [0.1, 0.15) is 5.75 Å². The lowest BCUT2D eigenvalue weighted by Gasteiger charge is -2.19. The van der Waals surface area contributed by atoms with Crippen LogP contribution in [-0.4, -0.2) is 25.6 Å². The molecule has 0 bridgehead atoms. The fraction of sp³-hybridized carbons (Fsp3) is 0.120. The van der Waals surface area contributed by atoms with Crippen LogP contribution in [0.15, 0.2) is 91.0 Å². The zero-order valence-electron chi connectivity index (χ0n) is 16.7. The van der Waals surface area contributed by atoms with Crippen molar-refractivity contribution < 1.29 is 19.1 Å². The van der Waals surface area contributed by atoms with E-state index in [9.17, 15) is 9.59 Å². The van der Waals surface area contributed by atoms with Gasteiger partial charge >= 0.3 is 5.97 Å². The van der Waals surface area contributed by atoms with Crippen molar-refractivity contribution in [1.82, 2.24) is 5.32 Å². The maximum Gasteiger partial charge on any atom is 0.331 e. The number of nitrogens with one attached hydrogen (secondary N) is 1. The van der Waals surface area contributed by atoms with Gasteiger partial charge in [-0.15, -0.1) is 0 Å². The van der Waals surface area contributed by atoms with Crippen molar-refractivity contribution in [1.29, 1.82) is 0 Å². The number of benzene rings is 3. The molecule has 1 N–H and O–H groups in total. The topological polar surface area (TPSA) is 64.6 Å². The minimum absolute atomic E-state index is 0.328. The van der Waals surface area contributed by atoms with Gasteiger partial charge in [0.15, 0.2) is 6.61 Å². The second kappa shape index (κ2) is 10.6. The lowest BCUT2D eigenvalue weighted by molar-refractivity contribution is -0.143. The highest BCUT2D eigenvalue weighted by Gasteiger charge is 2.17. The van der Waals surface area contributed by atoms with Crippen LogP contribution in [-0.2, 0) is 14.3 Å². The SMILES string of the molecule is COc1cccc(/C=C/C(=O)OCC(=O)NC(c2ccccc2)c2ccccc2)c1. The summed E-state index contributed by atoms with van der Waals surface area (Å²) in [5.74, 6) is -0.280. The Morgan fingerprint density at radius 3 is 2.13 bits per heavy atom. The quantitative estimate of drug-likeness (QED) is 0.455. The predicted molar refractivity (Wildman–Crippen MR) is 116 cm³/mol. The van der Waals surface area contributed by atoms with E-state index in [4.69, 9.17) is 9.47 Å². The normalized spacial score (nSPS) is 10.7. The number of ether oxygens (including phenoxy) is 2.